The number of aryl methyl sites for hydroxylation is 1. The molecule has 0 bridgehead atoms. The van der Waals surface area contributed by atoms with Crippen molar-refractivity contribution >= 4 is 0 Å². The van der Waals surface area contributed by atoms with Gasteiger partial charge in [0, 0.05) is 12.2 Å². The highest BCUT2D eigenvalue weighted by atomic mass is 14.9. The van der Waals surface area contributed by atoms with Gasteiger partial charge in [-0.05, 0) is 42.9 Å². The van der Waals surface area contributed by atoms with Gasteiger partial charge in [0.25, 0.3) is 0 Å². The molecule has 1 aromatic carbocycles. The number of benzene rings is 1. The molecule has 1 rings (SSSR count). The van der Waals surface area contributed by atoms with Gasteiger partial charge >= 0.3 is 0 Å². The number of nitrogens with one attached hydrogen (secondary N) is 1. The Balaban J connectivity index is 2.48. The van der Waals surface area contributed by atoms with E-state index in [0.29, 0.717) is 0 Å². The number of allylic oxidation sites excluding steroid dienone is 1. The van der Waals surface area contributed by atoms with E-state index in [-0.39, 0.29) is 0 Å². The summed E-state index contributed by atoms with van der Waals surface area (Å²) in [5.74, 6) is 0.795. The summed E-state index contributed by atoms with van der Waals surface area (Å²) in [7, 11) is 0. The van der Waals surface area contributed by atoms with Crippen molar-refractivity contribution in [3.8, 4) is 0 Å². The van der Waals surface area contributed by atoms with E-state index in [1.165, 1.54) is 48.1 Å². The first kappa shape index (κ1) is 16.8. The van der Waals surface area contributed by atoms with Gasteiger partial charge in [0.1, 0.15) is 0 Å². The number of hydrogen-bond acceptors (Lipinski definition) is 1. The third-order valence-electron chi connectivity index (χ3n) is 4.17. The van der Waals surface area contributed by atoms with Gasteiger partial charge in [-0.3, -0.25) is 0 Å². The highest BCUT2D eigenvalue weighted by Crippen LogP contribution is 2.21. The zero-order valence-electron chi connectivity index (χ0n) is 13.8. The fourth-order valence-corrected chi connectivity index (χ4v) is 2.81. The fraction of sp³-hybridized carbons (Fsp3) is 0.579. The summed E-state index contributed by atoms with van der Waals surface area (Å²) >= 11 is 0. The van der Waals surface area contributed by atoms with Gasteiger partial charge in [-0.1, -0.05) is 64.3 Å². The lowest BCUT2D eigenvalue weighted by Crippen LogP contribution is -2.16. The van der Waals surface area contributed by atoms with Crippen LogP contribution in [0.2, 0.25) is 0 Å². The maximum atomic E-state index is 4.22. The molecule has 1 N–H and O–H groups in total. The van der Waals surface area contributed by atoms with Crippen LogP contribution in [0.1, 0.15) is 62.6 Å². The van der Waals surface area contributed by atoms with Crippen molar-refractivity contribution in [1.29, 1.82) is 0 Å². The number of hydrogen-bond donors (Lipinski definition) is 1. The van der Waals surface area contributed by atoms with Crippen LogP contribution < -0.4 is 5.32 Å². The van der Waals surface area contributed by atoms with Gasteiger partial charge in [-0.15, -0.1) is 0 Å². The first-order chi connectivity index (χ1) is 9.58. The molecule has 0 amide bonds. The van der Waals surface area contributed by atoms with Crippen molar-refractivity contribution in [2.45, 2.75) is 66.3 Å². The van der Waals surface area contributed by atoms with Gasteiger partial charge in [0.05, 0.1) is 0 Å². The summed E-state index contributed by atoms with van der Waals surface area (Å²) in [4.78, 5) is 0. The maximum Gasteiger partial charge on any atom is 0.0400 e. The molecular weight excluding hydrogens is 242 g/mol. The zero-order chi connectivity index (χ0) is 15.0. The smallest absolute Gasteiger partial charge is 0.0400 e. The highest BCUT2D eigenvalue weighted by Gasteiger charge is 2.09. The monoisotopic (exact) mass is 273 g/mol. The van der Waals surface area contributed by atoms with Gasteiger partial charge < -0.3 is 5.32 Å². The lowest BCUT2D eigenvalue weighted by Gasteiger charge is -2.18. The van der Waals surface area contributed by atoms with E-state index in [9.17, 15) is 0 Å². The van der Waals surface area contributed by atoms with Crippen molar-refractivity contribution in [2.75, 3.05) is 0 Å². The standard InChI is InChI=1S/C19H31N/c1-6-9-18(10-7-2)13-16(4)20-14-19-12-8-11-15(3)17(19)5/h8,11-12,18,20H,4,6-7,9-10,13-14H2,1-3,5H3. The van der Waals surface area contributed by atoms with E-state index < -0.39 is 0 Å². The molecule has 0 aliphatic carbocycles. The van der Waals surface area contributed by atoms with E-state index >= 15 is 0 Å². The van der Waals surface area contributed by atoms with E-state index in [4.69, 9.17) is 0 Å². The Hall–Kier alpha value is -1.24. The van der Waals surface area contributed by atoms with E-state index in [1.807, 2.05) is 0 Å². The quantitative estimate of drug-likeness (QED) is 0.625. The molecule has 0 unspecified atom stereocenters. The molecule has 0 aliphatic heterocycles. The molecule has 1 aromatic rings. The zero-order valence-corrected chi connectivity index (χ0v) is 13.8. The van der Waals surface area contributed by atoms with Crippen LogP contribution in [0.5, 0.6) is 0 Å². The molecule has 0 saturated heterocycles. The van der Waals surface area contributed by atoms with Crippen LogP contribution in [0.3, 0.4) is 0 Å². The summed E-state index contributed by atoms with van der Waals surface area (Å²) in [5.41, 5.74) is 5.34. The minimum atomic E-state index is 0.795. The second kappa shape index (κ2) is 8.84. The van der Waals surface area contributed by atoms with Crippen molar-refractivity contribution in [1.82, 2.24) is 5.32 Å². The Morgan fingerprint density at radius 3 is 2.40 bits per heavy atom. The molecule has 0 aromatic heterocycles. The van der Waals surface area contributed by atoms with E-state index in [1.54, 1.807) is 0 Å². The summed E-state index contributed by atoms with van der Waals surface area (Å²) in [6, 6.07) is 6.52. The molecule has 1 nitrogen and oxygen atoms in total. The SMILES string of the molecule is C=C(CC(CCC)CCC)NCc1cccc(C)c1C. The Labute approximate surface area is 125 Å². The third kappa shape index (κ3) is 5.40. The average Bonchev–Trinajstić information content (AvgIpc) is 2.41. The van der Waals surface area contributed by atoms with Crippen LogP contribution in [0.4, 0.5) is 0 Å². The van der Waals surface area contributed by atoms with Gasteiger partial charge in [0.15, 0.2) is 0 Å². The first-order valence-corrected chi connectivity index (χ1v) is 8.05. The van der Waals surface area contributed by atoms with Crippen LogP contribution in [0, 0.1) is 19.8 Å². The molecule has 1 heteroatoms. The van der Waals surface area contributed by atoms with Crippen LogP contribution >= 0.6 is 0 Å². The fourth-order valence-electron chi connectivity index (χ4n) is 2.81. The van der Waals surface area contributed by atoms with Crippen molar-refractivity contribution in [3.63, 3.8) is 0 Å². The predicted octanol–water partition coefficient (Wildman–Crippen LogP) is 5.51. The normalized spacial score (nSPS) is 10.8. The lowest BCUT2D eigenvalue weighted by atomic mass is 9.93. The molecular formula is C19H31N. The Bertz CT molecular complexity index is 414. The van der Waals surface area contributed by atoms with Crippen LogP contribution in [0.25, 0.3) is 0 Å². The topological polar surface area (TPSA) is 12.0 Å². The maximum absolute atomic E-state index is 4.22. The van der Waals surface area contributed by atoms with Crippen LogP contribution in [0.15, 0.2) is 30.5 Å². The molecule has 0 radical (unpaired) electrons. The molecule has 0 aliphatic rings. The summed E-state index contributed by atoms with van der Waals surface area (Å²) in [6.07, 6.45) is 6.30. The number of rotatable bonds is 9. The molecule has 0 saturated carbocycles. The van der Waals surface area contributed by atoms with Crippen molar-refractivity contribution in [3.05, 3.63) is 47.2 Å². The first-order valence-electron chi connectivity index (χ1n) is 8.05. The molecule has 0 atom stereocenters. The second-order valence-electron chi connectivity index (χ2n) is 5.96. The predicted molar refractivity (Wildman–Crippen MR) is 89.8 cm³/mol. The highest BCUT2D eigenvalue weighted by molar-refractivity contribution is 5.33. The third-order valence-corrected chi connectivity index (χ3v) is 4.17. The molecule has 112 valence electrons. The summed E-state index contributed by atoms with van der Waals surface area (Å²) < 4.78 is 0. The summed E-state index contributed by atoms with van der Waals surface area (Å²) in [6.45, 7) is 14.0. The van der Waals surface area contributed by atoms with Gasteiger partial charge in [-0.2, -0.15) is 0 Å². The molecule has 0 heterocycles. The summed E-state index contributed by atoms with van der Waals surface area (Å²) in [5, 5.41) is 3.52. The Morgan fingerprint density at radius 2 is 1.80 bits per heavy atom. The van der Waals surface area contributed by atoms with E-state index in [2.05, 4.69) is 57.8 Å². The Morgan fingerprint density at radius 1 is 1.15 bits per heavy atom. The van der Waals surface area contributed by atoms with Crippen molar-refractivity contribution in [2.24, 2.45) is 5.92 Å². The van der Waals surface area contributed by atoms with Crippen molar-refractivity contribution < 1.29 is 0 Å². The van der Waals surface area contributed by atoms with Gasteiger partial charge in [-0.25, -0.2) is 0 Å². The lowest BCUT2D eigenvalue weighted by molar-refractivity contribution is 0.427. The molecule has 0 fully saturated rings. The van der Waals surface area contributed by atoms with Crippen LogP contribution in [-0.4, -0.2) is 0 Å². The Kier molecular flexibility index (Phi) is 7.43. The minimum Gasteiger partial charge on any atom is -0.385 e. The van der Waals surface area contributed by atoms with E-state index in [0.717, 1.165) is 18.9 Å². The second-order valence-corrected chi connectivity index (χ2v) is 5.96. The largest absolute Gasteiger partial charge is 0.385 e. The average molecular weight is 273 g/mol. The molecule has 20 heavy (non-hydrogen) atoms. The van der Waals surface area contributed by atoms with Gasteiger partial charge in [0.2, 0.25) is 0 Å². The van der Waals surface area contributed by atoms with Crippen LogP contribution in [-0.2, 0) is 6.54 Å². The minimum absolute atomic E-state index is 0.795. The molecule has 0 spiro atoms.